The van der Waals surface area contributed by atoms with Gasteiger partial charge in [-0.1, -0.05) is 63.6 Å². The van der Waals surface area contributed by atoms with Crippen molar-refractivity contribution in [1.82, 2.24) is 10.6 Å². The molecule has 1 aromatic carbocycles. The maximum atomic E-state index is 13.6. The van der Waals surface area contributed by atoms with E-state index in [1.807, 2.05) is 6.92 Å². The number of fused-ring (bicyclic) bond motifs is 5. The van der Waals surface area contributed by atoms with Crippen molar-refractivity contribution in [2.75, 3.05) is 6.61 Å². The third kappa shape index (κ3) is 6.88. The van der Waals surface area contributed by atoms with E-state index in [2.05, 4.69) is 17.6 Å². The lowest BCUT2D eigenvalue weighted by atomic mass is 9.45. The number of aliphatic hydroxyl groups excluding tert-OH is 1. The molecule has 0 bridgehead atoms. The lowest BCUT2D eigenvalue weighted by molar-refractivity contribution is -0.184. The lowest BCUT2D eigenvalue weighted by Crippen LogP contribution is -2.62. The van der Waals surface area contributed by atoms with Crippen molar-refractivity contribution in [3.05, 3.63) is 47.5 Å². The highest BCUT2D eigenvalue weighted by Crippen LogP contribution is 2.67. The van der Waals surface area contributed by atoms with Crippen LogP contribution in [-0.2, 0) is 33.5 Å². The van der Waals surface area contributed by atoms with Gasteiger partial charge in [-0.3, -0.25) is 24.0 Å². The molecule has 5 N–H and O–H groups in total. The summed E-state index contributed by atoms with van der Waals surface area (Å²) in [7, 11) is 0. The minimum atomic E-state index is -1.80. The second kappa shape index (κ2) is 14.4. The van der Waals surface area contributed by atoms with E-state index in [9.17, 15) is 44.1 Å². The standard InChI is InChI=1S/C38H50N2O10/c1-21(2)32(34(46)40-33(35(47)48)22-8-6-5-7-9-22)39-29(44)12-13-30(45)50-20-28(43)38(49)17-15-26-25-11-10-23-18-24(41)14-16-36(23,3)31(25)27(42)19-37(26,38)4/h5-9,18,21,25-27,31-33,42,49H,10-17,19-20H2,1-4H3,(H,39,44)(H,40,46)(H,47,48)/t25-,26-,27-,31+,32-,33+,36-,37-,38-/m0/s1. The zero-order valence-corrected chi connectivity index (χ0v) is 29.3. The van der Waals surface area contributed by atoms with Crippen LogP contribution in [0.3, 0.4) is 0 Å². The van der Waals surface area contributed by atoms with Gasteiger partial charge >= 0.3 is 11.9 Å². The number of amides is 2. The molecular formula is C38H50N2O10. The fourth-order valence-corrected chi connectivity index (χ4v) is 9.65. The van der Waals surface area contributed by atoms with Gasteiger partial charge in [-0.05, 0) is 79.3 Å². The van der Waals surface area contributed by atoms with Crippen molar-refractivity contribution in [2.45, 2.75) is 109 Å². The van der Waals surface area contributed by atoms with Crippen LogP contribution in [0, 0.1) is 34.5 Å². The van der Waals surface area contributed by atoms with Gasteiger partial charge in [0, 0.05) is 18.3 Å². The van der Waals surface area contributed by atoms with Crippen LogP contribution in [-0.4, -0.2) is 75.0 Å². The summed E-state index contributed by atoms with van der Waals surface area (Å²) in [6, 6.07) is 5.77. The summed E-state index contributed by atoms with van der Waals surface area (Å²) in [6.45, 7) is 6.69. The first-order valence-electron chi connectivity index (χ1n) is 17.7. The first kappa shape index (κ1) is 37.4. The highest BCUT2D eigenvalue weighted by Gasteiger charge is 2.68. The van der Waals surface area contributed by atoms with Crippen molar-refractivity contribution >= 4 is 35.3 Å². The third-order valence-electron chi connectivity index (χ3n) is 12.4. The van der Waals surface area contributed by atoms with Crippen molar-refractivity contribution < 1.29 is 48.8 Å². The summed E-state index contributed by atoms with van der Waals surface area (Å²) in [5.41, 5.74) is -1.56. The van der Waals surface area contributed by atoms with Crippen LogP contribution in [0.25, 0.3) is 0 Å². The van der Waals surface area contributed by atoms with Crippen LogP contribution in [0.2, 0.25) is 0 Å². The highest BCUT2D eigenvalue weighted by atomic mass is 16.5. The van der Waals surface area contributed by atoms with Crippen LogP contribution in [0.5, 0.6) is 0 Å². The summed E-state index contributed by atoms with van der Waals surface area (Å²) in [4.78, 5) is 76.0. The van der Waals surface area contributed by atoms with Gasteiger partial charge in [-0.15, -0.1) is 0 Å². The van der Waals surface area contributed by atoms with E-state index in [0.29, 0.717) is 24.8 Å². The third-order valence-corrected chi connectivity index (χ3v) is 12.4. The van der Waals surface area contributed by atoms with Crippen molar-refractivity contribution in [3.63, 3.8) is 0 Å². The first-order valence-corrected chi connectivity index (χ1v) is 17.7. The summed E-state index contributed by atoms with van der Waals surface area (Å²) in [6.07, 6.45) is 3.91. The quantitative estimate of drug-likeness (QED) is 0.203. The van der Waals surface area contributed by atoms with Gasteiger partial charge in [0.05, 0.1) is 12.5 Å². The summed E-state index contributed by atoms with van der Waals surface area (Å²) in [5.74, 6) is -4.35. The summed E-state index contributed by atoms with van der Waals surface area (Å²) >= 11 is 0. The Morgan fingerprint density at radius 1 is 0.980 bits per heavy atom. The normalized spacial score (nSPS) is 32.8. The fourth-order valence-electron chi connectivity index (χ4n) is 9.65. The zero-order chi connectivity index (χ0) is 36.6. The van der Waals surface area contributed by atoms with Gasteiger partial charge in [0.2, 0.25) is 17.6 Å². The number of Topliss-reactive ketones (excluding diaryl/α,β-unsaturated/α-hetero) is 1. The SMILES string of the molecule is CC(C)[C@H](NC(=O)CCC(=O)OCC(=O)[C@@]1(O)CC[C@H]2[C@@H]3CCC4=CC(=O)CC[C@]4(C)[C@H]3[C@@H](O)C[C@@]21C)C(=O)N[C@@H](C(=O)O)c1ccccc1. The molecule has 0 spiro atoms. The number of benzene rings is 1. The zero-order valence-electron chi connectivity index (χ0n) is 29.3. The molecule has 4 aliphatic rings. The molecule has 4 aliphatic carbocycles. The van der Waals surface area contributed by atoms with E-state index in [1.54, 1.807) is 50.3 Å². The maximum absolute atomic E-state index is 13.6. The Hall–Kier alpha value is -3.90. The summed E-state index contributed by atoms with van der Waals surface area (Å²) in [5, 5.41) is 38.2. The van der Waals surface area contributed by atoms with Crippen LogP contribution in [0.1, 0.15) is 97.1 Å². The van der Waals surface area contributed by atoms with Crippen LogP contribution in [0.4, 0.5) is 0 Å². The molecule has 9 atom stereocenters. The maximum Gasteiger partial charge on any atom is 0.330 e. The molecule has 0 radical (unpaired) electrons. The minimum Gasteiger partial charge on any atom is -0.479 e. The molecule has 2 amide bonds. The first-order chi connectivity index (χ1) is 23.5. The Balaban J connectivity index is 1.14. The number of esters is 1. The van der Waals surface area contributed by atoms with Crippen LogP contribution < -0.4 is 10.6 Å². The molecule has 0 unspecified atom stereocenters. The molecule has 50 heavy (non-hydrogen) atoms. The molecule has 3 saturated carbocycles. The molecule has 1 aromatic rings. The molecule has 272 valence electrons. The number of carboxylic acid groups (broad SMARTS) is 1. The molecule has 0 aliphatic heterocycles. The number of ketones is 2. The van der Waals surface area contributed by atoms with Gasteiger partial charge in [-0.2, -0.15) is 0 Å². The number of allylic oxidation sites excluding steroid dienone is 1. The van der Waals surface area contributed by atoms with E-state index in [-0.39, 0.29) is 54.6 Å². The Labute approximate surface area is 292 Å². The molecule has 0 heterocycles. The molecule has 3 fully saturated rings. The summed E-state index contributed by atoms with van der Waals surface area (Å²) < 4.78 is 5.24. The van der Waals surface area contributed by atoms with Gasteiger partial charge in [0.25, 0.3) is 0 Å². The predicted octanol–water partition coefficient (Wildman–Crippen LogP) is 3.20. The average Bonchev–Trinajstić information content (AvgIpc) is 3.34. The van der Waals surface area contributed by atoms with E-state index < -0.39 is 71.3 Å². The second-order valence-corrected chi connectivity index (χ2v) is 15.5. The number of rotatable bonds is 12. The average molecular weight is 695 g/mol. The lowest BCUT2D eigenvalue weighted by Gasteiger charge is -2.60. The Morgan fingerprint density at radius 2 is 1.68 bits per heavy atom. The number of aliphatic hydroxyl groups is 2. The monoisotopic (exact) mass is 694 g/mol. The number of nitrogens with one attached hydrogen (secondary N) is 2. The van der Waals surface area contributed by atoms with Gasteiger partial charge in [-0.25, -0.2) is 4.79 Å². The molecular weight excluding hydrogens is 644 g/mol. The number of carbonyl (C=O) groups is 6. The van der Waals surface area contributed by atoms with E-state index in [4.69, 9.17) is 4.74 Å². The Bertz CT molecular complexity index is 1560. The number of carboxylic acids is 1. The highest BCUT2D eigenvalue weighted by molar-refractivity contribution is 5.93. The number of hydrogen-bond acceptors (Lipinski definition) is 9. The van der Waals surface area contributed by atoms with Gasteiger partial charge in [0.15, 0.2) is 18.4 Å². The molecule has 12 heteroatoms. The van der Waals surface area contributed by atoms with Crippen LogP contribution >= 0.6 is 0 Å². The van der Waals surface area contributed by atoms with Gasteiger partial charge < -0.3 is 30.7 Å². The Morgan fingerprint density at radius 3 is 2.34 bits per heavy atom. The largest absolute Gasteiger partial charge is 0.479 e. The molecule has 0 saturated heterocycles. The smallest absolute Gasteiger partial charge is 0.330 e. The van der Waals surface area contributed by atoms with Crippen molar-refractivity contribution in [3.8, 4) is 0 Å². The van der Waals surface area contributed by atoms with Crippen molar-refractivity contribution in [2.24, 2.45) is 34.5 Å². The number of carbonyl (C=O) groups excluding carboxylic acids is 5. The minimum absolute atomic E-state index is 0.0233. The van der Waals surface area contributed by atoms with E-state index in [0.717, 1.165) is 18.4 Å². The molecule has 5 rings (SSSR count). The number of aliphatic carboxylic acids is 1. The van der Waals surface area contributed by atoms with Crippen molar-refractivity contribution in [1.29, 1.82) is 0 Å². The second-order valence-electron chi connectivity index (χ2n) is 15.5. The predicted molar refractivity (Wildman–Crippen MR) is 180 cm³/mol. The topological polar surface area (TPSA) is 196 Å². The molecule has 0 aromatic heterocycles. The number of hydrogen-bond donors (Lipinski definition) is 5. The van der Waals surface area contributed by atoms with Gasteiger partial charge in [0.1, 0.15) is 11.6 Å². The molecule has 12 nitrogen and oxygen atoms in total. The number of ether oxygens (including phenoxy) is 1. The van der Waals surface area contributed by atoms with E-state index in [1.165, 1.54) is 0 Å². The Kier molecular flexibility index (Phi) is 10.7. The van der Waals surface area contributed by atoms with Crippen LogP contribution in [0.15, 0.2) is 42.0 Å². The fraction of sp³-hybridized carbons (Fsp3) is 0.632. The van der Waals surface area contributed by atoms with E-state index >= 15 is 0 Å².